The molecule has 0 radical (unpaired) electrons. The van der Waals surface area contributed by atoms with Crippen LogP contribution in [0.1, 0.15) is 32.6 Å². The van der Waals surface area contributed by atoms with Crippen molar-refractivity contribution in [2.24, 2.45) is 16.6 Å². The monoisotopic (exact) mass is 563 g/mol. The zero-order valence-corrected chi connectivity index (χ0v) is 21.3. The third kappa shape index (κ3) is 7.94. The predicted molar refractivity (Wildman–Crippen MR) is 137 cm³/mol. The lowest BCUT2D eigenvalue weighted by molar-refractivity contribution is -0.123. The van der Waals surface area contributed by atoms with Crippen molar-refractivity contribution >= 4 is 53.3 Å². The molecule has 8 nitrogen and oxygen atoms in total. The molecule has 2 atom stereocenters. The summed E-state index contributed by atoms with van der Waals surface area (Å²) in [5.74, 6) is 1.53. The van der Waals surface area contributed by atoms with Crippen LogP contribution in [-0.2, 0) is 4.79 Å². The summed E-state index contributed by atoms with van der Waals surface area (Å²) in [5.41, 5.74) is 5.47. The number of nitrogens with zero attached hydrogens (tertiary/aromatic N) is 4. The first-order chi connectivity index (χ1) is 14.6. The van der Waals surface area contributed by atoms with E-state index in [-0.39, 0.29) is 35.8 Å². The molecule has 0 bridgehead atoms. The maximum atomic E-state index is 11.4. The largest absolute Gasteiger partial charge is 0.369 e. The van der Waals surface area contributed by atoms with E-state index in [1.165, 1.54) is 0 Å². The molecular weight excluding hydrogens is 529 g/mol. The lowest BCUT2D eigenvalue weighted by atomic mass is 9.97. The van der Waals surface area contributed by atoms with Crippen molar-refractivity contribution in [3.63, 3.8) is 0 Å². The quantitative estimate of drug-likeness (QED) is 0.194. The van der Waals surface area contributed by atoms with Gasteiger partial charge < -0.3 is 26.2 Å². The molecule has 0 aliphatic carbocycles. The molecule has 2 aliphatic heterocycles. The predicted octanol–water partition coefficient (Wildman–Crippen LogP) is 2.07. The van der Waals surface area contributed by atoms with Crippen LogP contribution in [0.2, 0.25) is 5.02 Å². The van der Waals surface area contributed by atoms with Gasteiger partial charge in [-0.2, -0.15) is 0 Å². The number of guanidine groups is 1. The number of carbonyl (C=O) groups is 1. The highest BCUT2D eigenvalue weighted by Crippen LogP contribution is 2.25. The Morgan fingerprint density at radius 3 is 2.94 bits per heavy atom. The lowest BCUT2D eigenvalue weighted by Crippen LogP contribution is -2.45. The SMILES string of the molecule is CCNC(=NCCCN1CCCC(C(N)=O)C1)NC1CCN(c2ncccc2Cl)C1.I. The fourth-order valence-electron chi connectivity index (χ4n) is 4.17. The van der Waals surface area contributed by atoms with Gasteiger partial charge in [0.05, 0.1) is 10.9 Å². The number of hydrogen-bond acceptors (Lipinski definition) is 5. The Hall–Kier alpha value is -1.33. The average Bonchev–Trinajstić information content (AvgIpc) is 3.20. The summed E-state index contributed by atoms with van der Waals surface area (Å²) in [5, 5.41) is 7.58. The number of likely N-dealkylation sites (tertiary alicyclic amines) is 1. The molecule has 0 spiro atoms. The van der Waals surface area contributed by atoms with Crippen LogP contribution in [0.5, 0.6) is 0 Å². The molecule has 31 heavy (non-hydrogen) atoms. The standard InChI is InChI=1S/C21H34ClN7O.HI/c1-2-24-21(26-10-5-12-28-11-4-6-16(14-28)19(23)30)27-17-8-13-29(15-17)20-18(22)7-3-9-25-20;/h3,7,9,16-17H,2,4-6,8,10-15H2,1H3,(H2,23,30)(H2,24,26,27);1H. The summed E-state index contributed by atoms with van der Waals surface area (Å²) in [6.07, 6.45) is 5.71. The molecular formula is C21H35ClIN7O. The molecule has 174 valence electrons. The van der Waals surface area contributed by atoms with Crippen molar-refractivity contribution in [3.8, 4) is 0 Å². The van der Waals surface area contributed by atoms with Gasteiger partial charge in [0.15, 0.2) is 5.96 Å². The molecule has 2 saturated heterocycles. The molecule has 4 N–H and O–H groups in total. The van der Waals surface area contributed by atoms with Gasteiger partial charge in [0, 0.05) is 45.0 Å². The van der Waals surface area contributed by atoms with Gasteiger partial charge >= 0.3 is 0 Å². The molecule has 1 aromatic rings. The molecule has 2 unspecified atom stereocenters. The van der Waals surface area contributed by atoms with Gasteiger partial charge in [-0.25, -0.2) is 4.98 Å². The summed E-state index contributed by atoms with van der Waals surface area (Å²) >= 11 is 6.29. The molecule has 2 aliphatic rings. The summed E-state index contributed by atoms with van der Waals surface area (Å²) < 4.78 is 0. The highest BCUT2D eigenvalue weighted by atomic mass is 127. The minimum atomic E-state index is -0.172. The van der Waals surface area contributed by atoms with Gasteiger partial charge in [-0.05, 0) is 57.8 Å². The van der Waals surface area contributed by atoms with Crippen molar-refractivity contribution in [1.29, 1.82) is 0 Å². The van der Waals surface area contributed by atoms with E-state index in [4.69, 9.17) is 22.3 Å². The van der Waals surface area contributed by atoms with E-state index in [0.717, 1.165) is 83.3 Å². The van der Waals surface area contributed by atoms with Gasteiger partial charge in [0.1, 0.15) is 5.82 Å². The van der Waals surface area contributed by atoms with E-state index < -0.39 is 0 Å². The lowest BCUT2D eigenvalue weighted by Gasteiger charge is -2.30. The van der Waals surface area contributed by atoms with Crippen LogP contribution in [-0.4, -0.2) is 73.6 Å². The first kappa shape index (κ1) is 25.9. The molecule has 0 aromatic carbocycles. The summed E-state index contributed by atoms with van der Waals surface area (Å²) in [6, 6.07) is 4.04. The molecule has 0 saturated carbocycles. The van der Waals surface area contributed by atoms with Crippen LogP contribution < -0.4 is 21.3 Å². The first-order valence-electron chi connectivity index (χ1n) is 11.0. The summed E-state index contributed by atoms with van der Waals surface area (Å²) in [7, 11) is 0. The van der Waals surface area contributed by atoms with Gasteiger partial charge in [-0.15, -0.1) is 24.0 Å². The van der Waals surface area contributed by atoms with E-state index in [0.29, 0.717) is 11.1 Å². The number of nitrogens with two attached hydrogens (primary N) is 1. The molecule has 1 aromatic heterocycles. The summed E-state index contributed by atoms with van der Waals surface area (Å²) in [4.78, 5) is 25.1. The fraction of sp³-hybridized carbons (Fsp3) is 0.667. The van der Waals surface area contributed by atoms with E-state index in [1.807, 2.05) is 12.1 Å². The topological polar surface area (TPSA) is 98.9 Å². The number of carbonyl (C=O) groups excluding carboxylic acids is 1. The maximum absolute atomic E-state index is 11.4. The normalized spacial score (nSPS) is 22.1. The average molecular weight is 564 g/mol. The Bertz CT molecular complexity index is 735. The Morgan fingerprint density at radius 1 is 1.35 bits per heavy atom. The van der Waals surface area contributed by atoms with E-state index in [9.17, 15) is 4.79 Å². The number of primary amides is 1. The van der Waals surface area contributed by atoms with E-state index >= 15 is 0 Å². The molecule has 2 fully saturated rings. The highest BCUT2D eigenvalue weighted by molar-refractivity contribution is 14.0. The Morgan fingerprint density at radius 2 is 2.19 bits per heavy atom. The Balaban J connectivity index is 0.00000341. The third-order valence-corrected chi connectivity index (χ3v) is 6.02. The van der Waals surface area contributed by atoms with Crippen molar-refractivity contribution in [3.05, 3.63) is 23.4 Å². The zero-order chi connectivity index (χ0) is 21.3. The van der Waals surface area contributed by atoms with Crippen LogP contribution in [0.4, 0.5) is 5.82 Å². The van der Waals surface area contributed by atoms with Crippen LogP contribution in [0, 0.1) is 5.92 Å². The van der Waals surface area contributed by atoms with E-state index in [2.05, 4.69) is 32.3 Å². The number of hydrogen-bond donors (Lipinski definition) is 3. The highest BCUT2D eigenvalue weighted by Gasteiger charge is 2.26. The number of amides is 1. The van der Waals surface area contributed by atoms with Crippen LogP contribution >= 0.6 is 35.6 Å². The molecule has 3 rings (SSSR count). The molecule has 10 heteroatoms. The number of aromatic nitrogens is 1. The Labute approximate surface area is 207 Å². The van der Waals surface area contributed by atoms with Crippen molar-refractivity contribution in [2.75, 3.05) is 50.7 Å². The number of nitrogens with one attached hydrogen (secondary N) is 2. The number of anilines is 1. The second-order valence-corrected chi connectivity index (χ2v) is 8.45. The fourth-order valence-corrected chi connectivity index (χ4v) is 4.41. The third-order valence-electron chi connectivity index (χ3n) is 5.72. The molecule has 1 amide bonds. The van der Waals surface area contributed by atoms with Gasteiger partial charge in [-0.3, -0.25) is 9.79 Å². The first-order valence-corrected chi connectivity index (χ1v) is 11.4. The minimum absolute atomic E-state index is 0. The van der Waals surface area contributed by atoms with Gasteiger partial charge in [0.25, 0.3) is 0 Å². The van der Waals surface area contributed by atoms with Crippen molar-refractivity contribution in [2.45, 2.75) is 38.6 Å². The smallest absolute Gasteiger partial charge is 0.221 e. The van der Waals surface area contributed by atoms with E-state index in [1.54, 1.807) is 6.20 Å². The second kappa shape index (κ2) is 13.3. The number of pyridine rings is 1. The number of halogens is 2. The number of aliphatic imine (C=N–C) groups is 1. The van der Waals surface area contributed by atoms with Crippen molar-refractivity contribution < 1.29 is 4.79 Å². The maximum Gasteiger partial charge on any atom is 0.221 e. The zero-order valence-electron chi connectivity index (χ0n) is 18.2. The number of piperidine rings is 1. The van der Waals surface area contributed by atoms with Crippen molar-refractivity contribution in [1.82, 2.24) is 20.5 Å². The Kier molecular flexibility index (Phi) is 11.1. The second-order valence-electron chi connectivity index (χ2n) is 8.04. The van der Waals surface area contributed by atoms with Gasteiger partial charge in [-0.1, -0.05) is 11.6 Å². The van der Waals surface area contributed by atoms with Crippen LogP contribution in [0.25, 0.3) is 0 Å². The minimum Gasteiger partial charge on any atom is -0.369 e. The van der Waals surface area contributed by atoms with Crippen LogP contribution in [0.3, 0.4) is 0 Å². The van der Waals surface area contributed by atoms with Gasteiger partial charge in [0.2, 0.25) is 5.91 Å². The molecule has 3 heterocycles. The van der Waals surface area contributed by atoms with Crippen LogP contribution in [0.15, 0.2) is 23.3 Å². The number of rotatable bonds is 8. The summed E-state index contributed by atoms with van der Waals surface area (Å²) in [6.45, 7) is 8.18.